The number of nitrogens with one attached hydrogen (secondary N) is 1. The molecule has 2 unspecified atom stereocenters. The second-order valence-corrected chi connectivity index (χ2v) is 5.72. The number of hydrogen-bond acceptors (Lipinski definition) is 5. The minimum atomic E-state index is -0.325. The second kappa shape index (κ2) is 5.79. The number of aromatic nitrogens is 2. The van der Waals surface area contributed by atoms with Crippen LogP contribution < -0.4 is 10.2 Å². The van der Waals surface area contributed by atoms with Gasteiger partial charge in [-0.25, -0.2) is 0 Å². The lowest BCUT2D eigenvalue weighted by Gasteiger charge is -2.31. The molecule has 22 heavy (non-hydrogen) atoms. The summed E-state index contributed by atoms with van der Waals surface area (Å²) in [6.45, 7) is 6.47. The van der Waals surface area contributed by atoms with Gasteiger partial charge in [-0.2, -0.15) is 4.98 Å². The topological polar surface area (TPSA) is 71.3 Å². The molecule has 0 saturated heterocycles. The molecule has 1 N–H and O–H groups in total. The zero-order valence-corrected chi connectivity index (χ0v) is 13.0. The highest BCUT2D eigenvalue weighted by atomic mass is 16.5. The third-order valence-electron chi connectivity index (χ3n) is 4.18. The SMILES string of the molecule is CCC(C)C1C(=O)Nc2ccccc2CN1c1noc(C)n1. The van der Waals surface area contributed by atoms with Crippen molar-refractivity contribution in [3.8, 4) is 0 Å². The fraction of sp³-hybridized carbons (Fsp3) is 0.438. The number of anilines is 2. The number of carbonyl (C=O) groups is 1. The number of aryl methyl sites for hydroxylation is 1. The summed E-state index contributed by atoms with van der Waals surface area (Å²) >= 11 is 0. The fourth-order valence-electron chi connectivity index (χ4n) is 2.80. The van der Waals surface area contributed by atoms with Crippen molar-refractivity contribution in [2.75, 3.05) is 10.2 Å². The van der Waals surface area contributed by atoms with Gasteiger partial charge in [0.1, 0.15) is 6.04 Å². The zero-order chi connectivity index (χ0) is 15.7. The summed E-state index contributed by atoms with van der Waals surface area (Å²) in [5.74, 6) is 1.11. The lowest BCUT2D eigenvalue weighted by molar-refractivity contribution is -0.118. The van der Waals surface area contributed by atoms with Crippen LogP contribution in [0.5, 0.6) is 0 Å². The Morgan fingerprint density at radius 1 is 1.45 bits per heavy atom. The van der Waals surface area contributed by atoms with Crippen molar-refractivity contribution in [2.45, 2.75) is 39.8 Å². The van der Waals surface area contributed by atoms with Crippen LogP contribution in [0.25, 0.3) is 0 Å². The van der Waals surface area contributed by atoms with Crippen LogP contribution in [-0.4, -0.2) is 22.1 Å². The Morgan fingerprint density at radius 2 is 2.23 bits per heavy atom. The monoisotopic (exact) mass is 300 g/mol. The van der Waals surface area contributed by atoms with E-state index in [9.17, 15) is 4.79 Å². The van der Waals surface area contributed by atoms with Crippen LogP contribution >= 0.6 is 0 Å². The number of carbonyl (C=O) groups excluding carboxylic acids is 1. The van der Waals surface area contributed by atoms with Crippen molar-refractivity contribution in [3.63, 3.8) is 0 Å². The first-order valence-corrected chi connectivity index (χ1v) is 7.56. The zero-order valence-electron chi connectivity index (χ0n) is 13.0. The third-order valence-corrected chi connectivity index (χ3v) is 4.18. The Hall–Kier alpha value is -2.37. The maximum absolute atomic E-state index is 12.7. The van der Waals surface area contributed by atoms with Crippen LogP contribution in [0, 0.1) is 12.8 Å². The third kappa shape index (κ3) is 2.56. The molecule has 1 aliphatic rings. The van der Waals surface area contributed by atoms with E-state index in [1.165, 1.54) is 0 Å². The predicted molar refractivity (Wildman–Crippen MR) is 83.5 cm³/mol. The van der Waals surface area contributed by atoms with E-state index in [4.69, 9.17) is 4.52 Å². The van der Waals surface area contributed by atoms with Gasteiger partial charge < -0.3 is 14.7 Å². The van der Waals surface area contributed by atoms with Gasteiger partial charge in [0.25, 0.3) is 5.95 Å². The molecule has 0 fully saturated rings. The number of para-hydroxylation sites is 1. The number of hydrogen-bond donors (Lipinski definition) is 1. The van der Waals surface area contributed by atoms with Crippen LogP contribution in [0.15, 0.2) is 28.8 Å². The number of rotatable bonds is 3. The minimum absolute atomic E-state index is 0.0262. The summed E-state index contributed by atoms with van der Waals surface area (Å²) < 4.78 is 5.11. The van der Waals surface area contributed by atoms with E-state index in [1.54, 1.807) is 6.92 Å². The summed E-state index contributed by atoms with van der Waals surface area (Å²) in [4.78, 5) is 19.0. The van der Waals surface area contributed by atoms with Crippen molar-refractivity contribution < 1.29 is 9.32 Å². The van der Waals surface area contributed by atoms with E-state index < -0.39 is 0 Å². The quantitative estimate of drug-likeness (QED) is 0.943. The van der Waals surface area contributed by atoms with Gasteiger partial charge in [-0.1, -0.05) is 38.5 Å². The number of benzene rings is 1. The molecule has 0 saturated carbocycles. The van der Waals surface area contributed by atoms with Crippen molar-refractivity contribution in [3.05, 3.63) is 35.7 Å². The minimum Gasteiger partial charge on any atom is -0.338 e. The molecule has 1 aliphatic heterocycles. The highest BCUT2D eigenvalue weighted by molar-refractivity contribution is 5.98. The van der Waals surface area contributed by atoms with Crippen LogP contribution in [0.1, 0.15) is 31.7 Å². The van der Waals surface area contributed by atoms with E-state index >= 15 is 0 Å². The van der Waals surface area contributed by atoms with E-state index in [2.05, 4.69) is 29.3 Å². The normalized spacial score (nSPS) is 19.3. The molecule has 2 heterocycles. The van der Waals surface area contributed by atoms with Gasteiger partial charge in [0, 0.05) is 19.2 Å². The molecule has 0 radical (unpaired) electrons. The highest BCUT2D eigenvalue weighted by Gasteiger charge is 2.36. The summed E-state index contributed by atoms with van der Waals surface area (Å²) in [5, 5.41) is 7.04. The second-order valence-electron chi connectivity index (χ2n) is 5.72. The van der Waals surface area contributed by atoms with Gasteiger partial charge in [0.05, 0.1) is 0 Å². The average molecular weight is 300 g/mol. The molecular formula is C16H20N4O2. The van der Waals surface area contributed by atoms with E-state index in [1.807, 2.05) is 29.2 Å². The smallest absolute Gasteiger partial charge is 0.267 e. The van der Waals surface area contributed by atoms with Gasteiger partial charge in [0.15, 0.2) is 0 Å². The molecule has 1 amide bonds. The fourth-order valence-corrected chi connectivity index (χ4v) is 2.80. The van der Waals surface area contributed by atoms with Crippen molar-refractivity contribution in [1.29, 1.82) is 0 Å². The van der Waals surface area contributed by atoms with Crippen molar-refractivity contribution >= 4 is 17.5 Å². The molecule has 3 rings (SSSR count). The predicted octanol–water partition coefficient (Wildman–Crippen LogP) is 2.75. The van der Waals surface area contributed by atoms with Crippen molar-refractivity contribution in [1.82, 2.24) is 10.1 Å². The summed E-state index contributed by atoms with van der Waals surface area (Å²) in [5.41, 5.74) is 1.90. The molecule has 2 atom stereocenters. The van der Waals surface area contributed by atoms with Crippen LogP contribution in [0.4, 0.5) is 11.6 Å². The molecule has 1 aromatic carbocycles. The van der Waals surface area contributed by atoms with Crippen LogP contribution in [-0.2, 0) is 11.3 Å². The largest absolute Gasteiger partial charge is 0.338 e. The molecule has 0 bridgehead atoms. The number of amides is 1. The number of fused-ring (bicyclic) bond motifs is 1. The molecule has 6 nitrogen and oxygen atoms in total. The van der Waals surface area contributed by atoms with Gasteiger partial charge in [-0.05, 0) is 22.7 Å². The summed E-state index contributed by atoms with van der Waals surface area (Å²) in [6, 6.07) is 7.49. The van der Waals surface area contributed by atoms with E-state index in [-0.39, 0.29) is 17.9 Å². The standard InChI is InChI=1S/C16H20N4O2/c1-4-10(2)14-15(21)18-13-8-6-5-7-12(13)9-20(14)16-17-11(3)22-19-16/h5-8,10,14H,4,9H2,1-3H3,(H,18,21). The Labute approximate surface area is 129 Å². The maximum atomic E-state index is 12.7. The van der Waals surface area contributed by atoms with Crippen molar-refractivity contribution in [2.24, 2.45) is 5.92 Å². The first kappa shape index (κ1) is 14.6. The average Bonchev–Trinajstić information content (AvgIpc) is 2.87. The first-order chi connectivity index (χ1) is 10.6. The molecule has 0 aliphatic carbocycles. The van der Waals surface area contributed by atoms with E-state index in [0.717, 1.165) is 17.7 Å². The van der Waals surface area contributed by atoms with Crippen LogP contribution in [0.3, 0.4) is 0 Å². The van der Waals surface area contributed by atoms with E-state index in [0.29, 0.717) is 18.4 Å². The van der Waals surface area contributed by atoms with Crippen LogP contribution in [0.2, 0.25) is 0 Å². The highest BCUT2D eigenvalue weighted by Crippen LogP contribution is 2.29. The molecule has 1 aromatic heterocycles. The Morgan fingerprint density at radius 3 is 2.91 bits per heavy atom. The number of nitrogens with zero attached hydrogens (tertiary/aromatic N) is 3. The Bertz CT molecular complexity index is 682. The molecule has 6 heteroatoms. The first-order valence-electron chi connectivity index (χ1n) is 7.56. The molecular weight excluding hydrogens is 280 g/mol. The lowest BCUT2D eigenvalue weighted by Crippen LogP contribution is -2.46. The molecule has 2 aromatic rings. The molecule has 0 spiro atoms. The van der Waals surface area contributed by atoms with Gasteiger partial charge in [-0.15, -0.1) is 0 Å². The summed E-state index contributed by atoms with van der Waals surface area (Å²) in [6.07, 6.45) is 0.891. The Balaban J connectivity index is 2.06. The van der Waals surface area contributed by atoms with Gasteiger partial charge >= 0.3 is 0 Å². The Kier molecular flexibility index (Phi) is 3.83. The maximum Gasteiger partial charge on any atom is 0.267 e. The van der Waals surface area contributed by atoms with Gasteiger partial charge in [-0.3, -0.25) is 4.79 Å². The lowest BCUT2D eigenvalue weighted by atomic mass is 9.97. The van der Waals surface area contributed by atoms with Gasteiger partial charge in [0.2, 0.25) is 11.8 Å². The summed E-state index contributed by atoms with van der Waals surface area (Å²) in [7, 11) is 0. The molecule has 116 valence electrons.